The van der Waals surface area contributed by atoms with Crippen molar-refractivity contribution in [1.82, 2.24) is 5.32 Å². The summed E-state index contributed by atoms with van der Waals surface area (Å²) in [5.41, 5.74) is 0.990. The number of benzene rings is 1. The first kappa shape index (κ1) is 16.4. The van der Waals surface area contributed by atoms with Gasteiger partial charge in [-0.3, -0.25) is 0 Å². The number of rotatable bonds is 8. The third-order valence-electron chi connectivity index (χ3n) is 3.67. The van der Waals surface area contributed by atoms with Crippen molar-refractivity contribution < 1.29 is 19.0 Å². The van der Waals surface area contributed by atoms with Crippen LogP contribution in [0.25, 0.3) is 0 Å². The van der Waals surface area contributed by atoms with E-state index in [0.29, 0.717) is 19.8 Å². The molecule has 2 unspecified atom stereocenters. The largest absolute Gasteiger partial charge is 0.389 e. The molecule has 0 radical (unpaired) electrons. The molecular formula is C16H24FNO3. The van der Waals surface area contributed by atoms with E-state index < -0.39 is 6.10 Å². The number of halogens is 1. The van der Waals surface area contributed by atoms with Gasteiger partial charge in [-0.1, -0.05) is 12.1 Å². The lowest BCUT2D eigenvalue weighted by molar-refractivity contribution is -0.0168. The van der Waals surface area contributed by atoms with E-state index in [4.69, 9.17) is 9.47 Å². The third kappa shape index (κ3) is 5.71. The minimum atomic E-state index is -0.561. The van der Waals surface area contributed by atoms with Crippen LogP contribution in [0.2, 0.25) is 0 Å². The second-order valence-corrected chi connectivity index (χ2v) is 5.51. The van der Waals surface area contributed by atoms with Crippen molar-refractivity contribution in [2.45, 2.75) is 38.0 Å². The molecule has 2 rings (SSSR count). The number of hydrogen-bond acceptors (Lipinski definition) is 4. The Balaban J connectivity index is 1.61. The molecule has 0 amide bonds. The maximum Gasteiger partial charge on any atom is 0.123 e. The van der Waals surface area contributed by atoms with Crippen molar-refractivity contribution in [3.63, 3.8) is 0 Å². The lowest BCUT2D eigenvalue weighted by Crippen LogP contribution is -2.33. The van der Waals surface area contributed by atoms with E-state index in [-0.39, 0.29) is 18.0 Å². The van der Waals surface area contributed by atoms with Crippen LogP contribution >= 0.6 is 0 Å². The summed E-state index contributed by atoms with van der Waals surface area (Å²) < 4.78 is 23.8. The summed E-state index contributed by atoms with van der Waals surface area (Å²) in [5.74, 6) is -0.242. The minimum absolute atomic E-state index is 0.0541. The summed E-state index contributed by atoms with van der Waals surface area (Å²) in [6.07, 6.45) is 1.75. The van der Waals surface area contributed by atoms with E-state index in [0.717, 1.165) is 25.0 Å². The van der Waals surface area contributed by atoms with Gasteiger partial charge < -0.3 is 19.9 Å². The Hall–Kier alpha value is -1.01. The monoisotopic (exact) mass is 297 g/mol. The maximum atomic E-state index is 12.8. The number of ether oxygens (including phenoxy) is 2. The maximum absolute atomic E-state index is 12.8. The highest BCUT2D eigenvalue weighted by Crippen LogP contribution is 2.13. The predicted octanol–water partition coefficient (Wildman–Crippen LogP) is 2.03. The summed E-state index contributed by atoms with van der Waals surface area (Å²) in [5, 5.41) is 13.1. The number of aliphatic hydroxyl groups is 1. The van der Waals surface area contributed by atoms with Gasteiger partial charge in [0.05, 0.1) is 25.4 Å². The SMILES string of the molecule is C[C@@H](NCC(O)COCC1CCCO1)c1ccc(F)cc1. The Morgan fingerprint density at radius 2 is 2.19 bits per heavy atom. The molecule has 2 N–H and O–H groups in total. The molecule has 1 aromatic rings. The van der Waals surface area contributed by atoms with Gasteiger partial charge in [0.25, 0.3) is 0 Å². The summed E-state index contributed by atoms with van der Waals surface area (Å²) in [6, 6.07) is 6.42. The quantitative estimate of drug-likeness (QED) is 0.771. The van der Waals surface area contributed by atoms with Crippen LogP contribution in [0.1, 0.15) is 31.4 Å². The highest BCUT2D eigenvalue weighted by molar-refractivity contribution is 5.19. The van der Waals surface area contributed by atoms with Crippen molar-refractivity contribution in [2.75, 3.05) is 26.4 Å². The molecule has 1 aromatic carbocycles. The summed E-state index contributed by atoms with van der Waals surface area (Å²) >= 11 is 0. The molecule has 0 aliphatic carbocycles. The van der Waals surface area contributed by atoms with E-state index in [9.17, 15) is 9.50 Å². The minimum Gasteiger partial charge on any atom is -0.389 e. The molecule has 4 nitrogen and oxygen atoms in total. The Kier molecular flexibility index (Phi) is 6.57. The first-order valence-electron chi connectivity index (χ1n) is 7.51. The van der Waals surface area contributed by atoms with Crippen LogP contribution in [-0.2, 0) is 9.47 Å². The highest BCUT2D eigenvalue weighted by atomic mass is 19.1. The van der Waals surface area contributed by atoms with E-state index >= 15 is 0 Å². The smallest absolute Gasteiger partial charge is 0.123 e. The van der Waals surface area contributed by atoms with Crippen LogP contribution in [-0.4, -0.2) is 43.7 Å². The molecular weight excluding hydrogens is 273 g/mol. The van der Waals surface area contributed by atoms with E-state index in [1.165, 1.54) is 12.1 Å². The topological polar surface area (TPSA) is 50.7 Å². The Labute approximate surface area is 125 Å². The zero-order valence-electron chi connectivity index (χ0n) is 12.4. The van der Waals surface area contributed by atoms with Crippen molar-refractivity contribution in [1.29, 1.82) is 0 Å². The standard InChI is InChI=1S/C16H24FNO3/c1-12(13-4-6-14(17)7-5-13)18-9-15(19)10-20-11-16-3-2-8-21-16/h4-7,12,15-16,18-19H,2-3,8-11H2,1H3/t12-,15?,16?/m1/s1. The van der Waals surface area contributed by atoms with Gasteiger partial charge >= 0.3 is 0 Å². The fourth-order valence-electron chi connectivity index (χ4n) is 2.35. The molecule has 0 bridgehead atoms. The van der Waals surface area contributed by atoms with Gasteiger partial charge in [0.15, 0.2) is 0 Å². The van der Waals surface area contributed by atoms with Crippen molar-refractivity contribution in [2.24, 2.45) is 0 Å². The molecule has 0 spiro atoms. The van der Waals surface area contributed by atoms with Gasteiger partial charge in [-0.2, -0.15) is 0 Å². The Morgan fingerprint density at radius 1 is 1.43 bits per heavy atom. The average Bonchev–Trinajstić information content (AvgIpc) is 2.99. The van der Waals surface area contributed by atoms with Gasteiger partial charge in [0.1, 0.15) is 5.82 Å². The van der Waals surface area contributed by atoms with E-state index in [1.807, 2.05) is 6.92 Å². The molecule has 3 atom stereocenters. The lowest BCUT2D eigenvalue weighted by atomic mass is 10.1. The van der Waals surface area contributed by atoms with Crippen LogP contribution in [0, 0.1) is 5.82 Å². The molecule has 118 valence electrons. The third-order valence-corrected chi connectivity index (χ3v) is 3.67. The number of hydrogen-bond donors (Lipinski definition) is 2. The van der Waals surface area contributed by atoms with Crippen molar-refractivity contribution >= 4 is 0 Å². The van der Waals surface area contributed by atoms with Gasteiger partial charge in [-0.05, 0) is 37.5 Å². The average molecular weight is 297 g/mol. The molecule has 1 fully saturated rings. The van der Waals surface area contributed by atoms with Gasteiger partial charge in [-0.25, -0.2) is 4.39 Å². The number of aliphatic hydroxyl groups excluding tert-OH is 1. The fraction of sp³-hybridized carbons (Fsp3) is 0.625. The molecule has 1 aliphatic rings. The van der Waals surface area contributed by atoms with Crippen LogP contribution in [0.5, 0.6) is 0 Å². The summed E-state index contributed by atoms with van der Waals surface area (Å²) in [6.45, 7) is 4.07. The van der Waals surface area contributed by atoms with Gasteiger partial charge in [-0.15, -0.1) is 0 Å². The first-order chi connectivity index (χ1) is 10.1. The highest BCUT2D eigenvalue weighted by Gasteiger charge is 2.16. The predicted molar refractivity (Wildman–Crippen MR) is 78.6 cm³/mol. The van der Waals surface area contributed by atoms with Crippen LogP contribution in [0.15, 0.2) is 24.3 Å². The molecule has 21 heavy (non-hydrogen) atoms. The van der Waals surface area contributed by atoms with Crippen LogP contribution < -0.4 is 5.32 Å². The normalized spacial score (nSPS) is 21.4. The summed E-state index contributed by atoms with van der Waals surface area (Å²) in [4.78, 5) is 0. The van der Waals surface area contributed by atoms with Crippen LogP contribution in [0.4, 0.5) is 4.39 Å². The second kappa shape index (κ2) is 8.44. The van der Waals surface area contributed by atoms with Crippen LogP contribution in [0.3, 0.4) is 0 Å². The zero-order valence-corrected chi connectivity index (χ0v) is 12.4. The van der Waals surface area contributed by atoms with Gasteiger partial charge in [0.2, 0.25) is 0 Å². The molecule has 0 saturated carbocycles. The number of nitrogens with one attached hydrogen (secondary N) is 1. The summed E-state index contributed by atoms with van der Waals surface area (Å²) in [7, 11) is 0. The van der Waals surface area contributed by atoms with E-state index in [1.54, 1.807) is 12.1 Å². The zero-order chi connectivity index (χ0) is 15.1. The Morgan fingerprint density at radius 3 is 2.86 bits per heavy atom. The molecule has 1 heterocycles. The van der Waals surface area contributed by atoms with Crippen molar-refractivity contribution in [3.8, 4) is 0 Å². The molecule has 1 aliphatic heterocycles. The van der Waals surface area contributed by atoms with Crippen molar-refractivity contribution in [3.05, 3.63) is 35.6 Å². The second-order valence-electron chi connectivity index (χ2n) is 5.51. The van der Waals surface area contributed by atoms with Gasteiger partial charge in [0, 0.05) is 19.2 Å². The van der Waals surface area contributed by atoms with E-state index in [2.05, 4.69) is 5.32 Å². The molecule has 5 heteroatoms. The first-order valence-corrected chi connectivity index (χ1v) is 7.51. The Bertz CT molecular complexity index is 406. The lowest BCUT2D eigenvalue weighted by Gasteiger charge is -2.18. The fourth-order valence-corrected chi connectivity index (χ4v) is 2.35. The molecule has 1 saturated heterocycles. The molecule has 0 aromatic heterocycles.